The lowest BCUT2D eigenvalue weighted by molar-refractivity contribution is 0.0981. The van der Waals surface area contributed by atoms with Crippen molar-refractivity contribution in [2.75, 3.05) is 17.2 Å². The number of nitrogens with one attached hydrogen (secondary N) is 1. The van der Waals surface area contributed by atoms with E-state index in [-0.39, 0.29) is 30.0 Å². The standard InChI is InChI=1S/C25H28N6O4S.H2/c1-15(2)35-22-11-7-17(13-27-22)20-10-9-19(24(28-20)31-14-16-6-8-18(31)12-16)25(32)30-36(33,34)23-5-3-4-21(26)29-23;/h3-5,7,9-11,13,15-16,18H,6,8,12,14H2,1-2H3,(H2,26,29)(H,30,32);1H. The quantitative estimate of drug-likeness (QED) is 0.490. The van der Waals surface area contributed by atoms with Crippen molar-refractivity contribution in [2.24, 2.45) is 5.92 Å². The summed E-state index contributed by atoms with van der Waals surface area (Å²) in [5.74, 6) is 0.807. The van der Waals surface area contributed by atoms with E-state index in [0.29, 0.717) is 23.3 Å². The van der Waals surface area contributed by atoms with E-state index >= 15 is 0 Å². The molecule has 3 aromatic rings. The highest BCUT2D eigenvalue weighted by molar-refractivity contribution is 7.90. The number of piperidine rings is 1. The summed E-state index contributed by atoms with van der Waals surface area (Å²) in [6.07, 6.45) is 4.90. The molecule has 2 bridgehead atoms. The van der Waals surface area contributed by atoms with E-state index in [0.717, 1.165) is 31.4 Å². The molecule has 36 heavy (non-hydrogen) atoms. The first-order valence-electron chi connectivity index (χ1n) is 11.9. The largest absolute Gasteiger partial charge is 0.475 e. The number of pyridine rings is 3. The molecule has 190 valence electrons. The Morgan fingerprint density at radius 1 is 1.17 bits per heavy atom. The lowest BCUT2D eigenvalue weighted by Crippen LogP contribution is -2.37. The number of hydrogen-bond donors (Lipinski definition) is 2. The third-order valence-corrected chi connectivity index (χ3v) is 7.67. The van der Waals surface area contributed by atoms with Gasteiger partial charge in [-0.25, -0.2) is 19.7 Å². The fraction of sp³-hybridized carbons (Fsp3) is 0.360. The van der Waals surface area contributed by atoms with Crippen LogP contribution in [0.4, 0.5) is 11.6 Å². The van der Waals surface area contributed by atoms with Crippen LogP contribution in [-0.4, -0.2) is 48.0 Å². The van der Waals surface area contributed by atoms with Gasteiger partial charge in [0.15, 0.2) is 5.03 Å². The molecule has 2 aliphatic rings. The summed E-state index contributed by atoms with van der Waals surface area (Å²) < 4.78 is 33.4. The molecule has 0 radical (unpaired) electrons. The first-order chi connectivity index (χ1) is 17.2. The van der Waals surface area contributed by atoms with Crippen LogP contribution in [0.15, 0.2) is 53.7 Å². The SMILES string of the molecule is CC(C)Oc1ccc(-c2ccc(C(=O)NS(=O)(=O)c3cccc(N)n3)c(N3CC4CCC3C4)n2)cn1.[HH]. The number of carbonyl (C=O) groups is 1. The molecule has 1 amide bonds. The number of fused-ring (bicyclic) bond motifs is 2. The molecule has 5 rings (SSSR count). The number of anilines is 2. The van der Waals surface area contributed by atoms with Crippen LogP contribution in [0.1, 0.15) is 44.9 Å². The predicted octanol–water partition coefficient (Wildman–Crippen LogP) is 3.26. The molecule has 3 aromatic heterocycles. The van der Waals surface area contributed by atoms with E-state index < -0.39 is 15.9 Å². The number of nitrogens with two attached hydrogens (primary N) is 1. The summed E-state index contributed by atoms with van der Waals surface area (Å²) in [6, 6.07) is 11.4. The van der Waals surface area contributed by atoms with Crippen molar-refractivity contribution in [3.8, 4) is 17.1 Å². The Labute approximate surface area is 211 Å². The molecule has 10 nitrogen and oxygen atoms in total. The summed E-state index contributed by atoms with van der Waals surface area (Å²) in [5, 5.41) is -0.322. The predicted molar refractivity (Wildman–Crippen MR) is 137 cm³/mol. The van der Waals surface area contributed by atoms with Gasteiger partial charge in [-0.3, -0.25) is 4.79 Å². The Morgan fingerprint density at radius 2 is 2.00 bits per heavy atom. The highest BCUT2D eigenvalue weighted by Crippen LogP contribution is 2.41. The van der Waals surface area contributed by atoms with Gasteiger partial charge in [0.25, 0.3) is 15.9 Å². The number of nitrogen functional groups attached to an aromatic ring is 1. The van der Waals surface area contributed by atoms with E-state index in [2.05, 4.69) is 19.6 Å². The van der Waals surface area contributed by atoms with Crippen LogP contribution in [0.3, 0.4) is 0 Å². The van der Waals surface area contributed by atoms with E-state index in [1.54, 1.807) is 24.4 Å². The average Bonchev–Trinajstić information content (AvgIpc) is 3.47. The van der Waals surface area contributed by atoms with Crippen LogP contribution >= 0.6 is 0 Å². The van der Waals surface area contributed by atoms with Crippen LogP contribution < -0.4 is 20.1 Å². The molecule has 3 N–H and O–H groups in total. The van der Waals surface area contributed by atoms with Gasteiger partial charge in [-0.1, -0.05) is 6.07 Å². The van der Waals surface area contributed by atoms with Gasteiger partial charge in [-0.05, 0) is 69.4 Å². The highest BCUT2D eigenvalue weighted by Gasteiger charge is 2.40. The second kappa shape index (κ2) is 9.38. The fourth-order valence-corrected chi connectivity index (χ4v) is 5.78. The minimum atomic E-state index is -4.22. The maximum absolute atomic E-state index is 13.3. The van der Waals surface area contributed by atoms with Crippen LogP contribution in [-0.2, 0) is 10.0 Å². The molecule has 4 heterocycles. The van der Waals surface area contributed by atoms with Crippen molar-refractivity contribution in [1.29, 1.82) is 0 Å². The van der Waals surface area contributed by atoms with Crippen LogP contribution in [0, 0.1) is 5.92 Å². The van der Waals surface area contributed by atoms with E-state index in [9.17, 15) is 13.2 Å². The van der Waals surface area contributed by atoms with Crippen molar-refractivity contribution in [3.05, 3.63) is 54.2 Å². The van der Waals surface area contributed by atoms with E-state index in [4.69, 9.17) is 15.5 Å². The van der Waals surface area contributed by atoms with Gasteiger partial charge in [0.05, 0.1) is 17.4 Å². The summed E-state index contributed by atoms with van der Waals surface area (Å²) in [5.41, 5.74) is 7.21. The molecule has 2 fully saturated rings. The molecule has 0 spiro atoms. The van der Waals surface area contributed by atoms with Gasteiger partial charge in [-0.2, -0.15) is 8.42 Å². The summed E-state index contributed by atoms with van der Waals surface area (Å²) in [6.45, 7) is 4.64. The minimum absolute atomic E-state index is 0. The maximum atomic E-state index is 13.3. The van der Waals surface area contributed by atoms with Crippen molar-refractivity contribution < 1.29 is 19.4 Å². The molecular formula is C25H30N6O4S. The van der Waals surface area contributed by atoms with Gasteiger partial charge in [-0.15, -0.1) is 0 Å². The molecular weight excluding hydrogens is 480 g/mol. The van der Waals surface area contributed by atoms with Gasteiger partial charge in [0.2, 0.25) is 5.88 Å². The fourth-order valence-electron chi connectivity index (χ4n) is 4.84. The molecule has 1 aliphatic heterocycles. The van der Waals surface area contributed by atoms with E-state index in [1.165, 1.54) is 18.2 Å². The Balaban J connectivity index is 0.00000320. The number of hydrogen-bond acceptors (Lipinski definition) is 9. The Kier molecular flexibility index (Phi) is 6.25. The lowest BCUT2D eigenvalue weighted by atomic mass is 10.1. The van der Waals surface area contributed by atoms with Crippen LogP contribution in [0.5, 0.6) is 5.88 Å². The number of aromatic nitrogens is 3. The number of ether oxygens (including phenoxy) is 1. The molecule has 1 aliphatic carbocycles. The summed E-state index contributed by atoms with van der Waals surface area (Å²) in [7, 11) is -4.22. The molecule has 2 atom stereocenters. The first kappa shape index (κ1) is 24.0. The zero-order chi connectivity index (χ0) is 25.4. The molecule has 1 saturated heterocycles. The second-order valence-electron chi connectivity index (χ2n) is 9.44. The van der Waals surface area contributed by atoms with Gasteiger partial charge in [0, 0.05) is 31.8 Å². The van der Waals surface area contributed by atoms with Gasteiger partial charge in [0.1, 0.15) is 11.6 Å². The lowest BCUT2D eigenvalue weighted by Gasteiger charge is -2.30. The second-order valence-corrected chi connectivity index (χ2v) is 11.1. The van der Waals surface area contributed by atoms with E-state index in [1.807, 2.05) is 19.9 Å². The van der Waals surface area contributed by atoms with Crippen molar-refractivity contribution in [3.63, 3.8) is 0 Å². The Morgan fingerprint density at radius 3 is 2.64 bits per heavy atom. The zero-order valence-electron chi connectivity index (χ0n) is 20.1. The highest BCUT2D eigenvalue weighted by atomic mass is 32.2. The van der Waals surface area contributed by atoms with Crippen LogP contribution in [0.2, 0.25) is 0 Å². The Hall–Kier alpha value is -3.73. The van der Waals surface area contributed by atoms with Gasteiger partial charge >= 0.3 is 0 Å². The zero-order valence-corrected chi connectivity index (χ0v) is 20.9. The monoisotopic (exact) mass is 510 g/mol. The number of nitrogens with zero attached hydrogens (tertiary/aromatic N) is 4. The smallest absolute Gasteiger partial charge is 0.281 e. The molecule has 2 unspecified atom stereocenters. The average molecular weight is 511 g/mol. The molecule has 11 heteroatoms. The van der Waals surface area contributed by atoms with Gasteiger partial charge < -0.3 is 15.4 Å². The molecule has 1 saturated carbocycles. The first-order valence-corrected chi connectivity index (χ1v) is 13.4. The third-order valence-electron chi connectivity index (χ3n) is 6.44. The topological polar surface area (TPSA) is 140 Å². The number of carbonyl (C=O) groups excluding carboxylic acids is 1. The van der Waals surface area contributed by atoms with Crippen molar-refractivity contribution in [1.82, 2.24) is 19.7 Å². The number of rotatable bonds is 7. The number of amides is 1. The van der Waals surface area contributed by atoms with Crippen LogP contribution in [0.25, 0.3) is 11.3 Å². The normalized spacial score (nSPS) is 19.0. The van der Waals surface area contributed by atoms with Crippen molar-refractivity contribution in [2.45, 2.75) is 50.3 Å². The number of sulfonamides is 1. The molecule has 0 aromatic carbocycles. The maximum Gasteiger partial charge on any atom is 0.281 e. The Bertz CT molecular complexity index is 1400. The summed E-state index contributed by atoms with van der Waals surface area (Å²) >= 11 is 0. The minimum Gasteiger partial charge on any atom is -0.475 e. The summed E-state index contributed by atoms with van der Waals surface area (Å²) in [4.78, 5) is 28.4. The third kappa shape index (κ3) is 4.83. The van der Waals surface area contributed by atoms with Crippen molar-refractivity contribution >= 4 is 27.6 Å².